The van der Waals surface area contributed by atoms with E-state index in [2.05, 4.69) is 36.2 Å². The number of nitrogens with two attached hydrogens (primary N) is 1. The molecule has 1 atom stereocenters. The Morgan fingerprint density at radius 3 is 2.96 bits per heavy atom. The third-order valence-electron chi connectivity index (χ3n) is 5.34. The molecular weight excluding hydrogens is 326 g/mol. The molecular formula is C19H23N7. The number of pyridine rings is 1. The first kappa shape index (κ1) is 15.7. The minimum absolute atomic E-state index is 0.319. The van der Waals surface area contributed by atoms with Gasteiger partial charge in [-0.2, -0.15) is 0 Å². The fourth-order valence-corrected chi connectivity index (χ4v) is 4.00. The average molecular weight is 349 g/mol. The van der Waals surface area contributed by atoms with Crippen molar-refractivity contribution >= 4 is 16.7 Å². The fourth-order valence-electron chi connectivity index (χ4n) is 4.00. The number of hydrogen-bond acceptors (Lipinski definition) is 6. The Hall–Kier alpha value is -2.51. The molecule has 0 spiro atoms. The lowest BCUT2D eigenvalue weighted by atomic mass is 9.97. The minimum Gasteiger partial charge on any atom is -0.368 e. The van der Waals surface area contributed by atoms with E-state index in [1.54, 1.807) is 12.5 Å². The maximum atomic E-state index is 6.70. The molecule has 4 heterocycles. The number of aromatic nitrogens is 4. The van der Waals surface area contributed by atoms with Gasteiger partial charge >= 0.3 is 0 Å². The summed E-state index contributed by atoms with van der Waals surface area (Å²) in [5.41, 5.74) is 10.4. The number of anilines is 1. The van der Waals surface area contributed by atoms with Crippen LogP contribution >= 0.6 is 0 Å². The molecule has 3 aromatic rings. The highest BCUT2D eigenvalue weighted by molar-refractivity contribution is 6.01. The van der Waals surface area contributed by atoms with Gasteiger partial charge in [0.05, 0.1) is 22.4 Å². The molecule has 0 unspecified atom stereocenters. The fraction of sp³-hybridized carbons (Fsp3) is 0.421. The number of fused-ring (bicyclic) bond motifs is 1. The molecule has 1 aliphatic carbocycles. The largest absolute Gasteiger partial charge is 0.368 e. The van der Waals surface area contributed by atoms with Crippen molar-refractivity contribution in [2.45, 2.75) is 37.4 Å². The lowest BCUT2D eigenvalue weighted by molar-refractivity contribution is 0.276. The van der Waals surface area contributed by atoms with Crippen molar-refractivity contribution in [3.8, 4) is 11.3 Å². The van der Waals surface area contributed by atoms with Crippen molar-refractivity contribution in [2.24, 2.45) is 5.73 Å². The van der Waals surface area contributed by atoms with E-state index >= 15 is 0 Å². The number of nitrogens with zero attached hydrogens (tertiary/aromatic N) is 4. The normalized spacial score (nSPS) is 23.5. The number of nitrogens with one attached hydrogen (secondary N) is 2. The van der Waals surface area contributed by atoms with Crippen LogP contribution in [0.3, 0.4) is 0 Å². The Morgan fingerprint density at radius 2 is 2.15 bits per heavy atom. The Kier molecular flexibility index (Phi) is 3.65. The van der Waals surface area contributed by atoms with E-state index in [9.17, 15) is 0 Å². The zero-order chi connectivity index (χ0) is 17.6. The third kappa shape index (κ3) is 2.83. The summed E-state index contributed by atoms with van der Waals surface area (Å²) in [6, 6.07) is 4.61. The van der Waals surface area contributed by atoms with E-state index in [0.717, 1.165) is 53.9 Å². The van der Waals surface area contributed by atoms with Crippen molar-refractivity contribution < 1.29 is 0 Å². The van der Waals surface area contributed by atoms with Gasteiger partial charge in [0.25, 0.3) is 0 Å². The first-order valence-corrected chi connectivity index (χ1v) is 9.26. The second kappa shape index (κ2) is 6.03. The number of aromatic amines is 1. The van der Waals surface area contributed by atoms with Crippen LogP contribution in [0.4, 0.5) is 5.69 Å². The molecule has 1 saturated carbocycles. The predicted molar refractivity (Wildman–Crippen MR) is 102 cm³/mol. The summed E-state index contributed by atoms with van der Waals surface area (Å²) in [5.74, 6) is 0. The first-order valence-electron chi connectivity index (χ1n) is 9.26. The van der Waals surface area contributed by atoms with E-state index in [-0.39, 0.29) is 5.66 Å². The molecule has 134 valence electrons. The average Bonchev–Trinajstić information content (AvgIpc) is 3.35. The van der Waals surface area contributed by atoms with Crippen LogP contribution in [0.15, 0.2) is 37.1 Å². The third-order valence-corrected chi connectivity index (χ3v) is 5.34. The van der Waals surface area contributed by atoms with E-state index in [4.69, 9.17) is 5.73 Å². The highest BCUT2D eigenvalue weighted by Gasteiger charge is 2.37. The standard InChI is InChI=1S/C19H23N7/c20-19(25-13-2-3-13)6-1-9-26(11-19)16-5-8-22-18-17(16)14(10-23-18)15-4-7-21-12-24-15/h4-5,7-8,10,12-13,25H,1-3,6,9,11,20H2,(H,22,23)/t19-/m0/s1. The lowest BCUT2D eigenvalue weighted by Gasteiger charge is -2.42. The van der Waals surface area contributed by atoms with Crippen molar-refractivity contribution in [3.63, 3.8) is 0 Å². The molecule has 0 bridgehead atoms. The first-order chi connectivity index (χ1) is 12.7. The SMILES string of the molecule is N[C@]1(NC2CC2)CCCN(c2ccnc3[nH]cc(-c4ccncn4)c23)C1. The van der Waals surface area contributed by atoms with Crippen molar-refractivity contribution in [3.05, 3.63) is 37.1 Å². The smallest absolute Gasteiger partial charge is 0.140 e. The molecule has 2 fully saturated rings. The van der Waals surface area contributed by atoms with Gasteiger partial charge in [-0.15, -0.1) is 0 Å². The van der Waals surface area contributed by atoms with Gasteiger partial charge in [-0.3, -0.25) is 5.32 Å². The van der Waals surface area contributed by atoms with Gasteiger partial charge in [-0.25, -0.2) is 15.0 Å². The second-order valence-electron chi connectivity index (χ2n) is 7.45. The molecule has 4 N–H and O–H groups in total. The van der Waals surface area contributed by atoms with Crippen LogP contribution in [0.25, 0.3) is 22.3 Å². The molecule has 1 aliphatic heterocycles. The summed E-state index contributed by atoms with van der Waals surface area (Å²) in [5, 5.41) is 4.75. The maximum absolute atomic E-state index is 6.70. The van der Waals surface area contributed by atoms with Crippen molar-refractivity contribution in [1.82, 2.24) is 25.3 Å². The molecule has 2 aliphatic rings. The van der Waals surface area contributed by atoms with Crippen molar-refractivity contribution in [1.29, 1.82) is 0 Å². The highest BCUT2D eigenvalue weighted by atomic mass is 15.3. The molecule has 0 amide bonds. The van der Waals surface area contributed by atoms with Crippen LogP contribution in [0.1, 0.15) is 25.7 Å². The van der Waals surface area contributed by atoms with Gasteiger partial charge in [0.15, 0.2) is 0 Å². The summed E-state index contributed by atoms with van der Waals surface area (Å²) in [6.07, 6.45) is 11.8. The van der Waals surface area contributed by atoms with Gasteiger partial charge in [-0.1, -0.05) is 0 Å². The van der Waals surface area contributed by atoms with Gasteiger partial charge in [0.2, 0.25) is 0 Å². The molecule has 5 rings (SSSR count). The molecule has 26 heavy (non-hydrogen) atoms. The van der Waals surface area contributed by atoms with Crippen LogP contribution in [0.5, 0.6) is 0 Å². The Labute approximate surface area is 152 Å². The van der Waals surface area contributed by atoms with Gasteiger partial charge in [-0.05, 0) is 37.8 Å². The van der Waals surface area contributed by atoms with Crippen LogP contribution in [0, 0.1) is 0 Å². The van der Waals surface area contributed by atoms with Gasteiger partial charge in [0, 0.05) is 43.3 Å². The van der Waals surface area contributed by atoms with E-state index in [1.165, 1.54) is 12.8 Å². The molecule has 0 radical (unpaired) electrons. The Bertz CT molecular complexity index is 918. The zero-order valence-electron chi connectivity index (χ0n) is 14.7. The monoisotopic (exact) mass is 349 g/mol. The second-order valence-corrected chi connectivity index (χ2v) is 7.45. The topological polar surface area (TPSA) is 95.8 Å². The summed E-state index contributed by atoms with van der Waals surface area (Å²) in [7, 11) is 0. The molecule has 7 heteroatoms. The van der Waals surface area contributed by atoms with E-state index < -0.39 is 0 Å². The maximum Gasteiger partial charge on any atom is 0.140 e. The van der Waals surface area contributed by atoms with Crippen molar-refractivity contribution in [2.75, 3.05) is 18.0 Å². The molecule has 1 saturated heterocycles. The van der Waals surface area contributed by atoms with Crippen LogP contribution in [-0.2, 0) is 0 Å². The molecule has 3 aromatic heterocycles. The number of hydrogen-bond donors (Lipinski definition) is 3. The van der Waals surface area contributed by atoms with E-state index in [0.29, 0.717) is 6.04 Å². The van der Waals surface area contributed by atoms with Crippen LogP contribution < -0.4 is 16.0 Å². The number of piperidine rings is 1. The van der Waals surface area contributed by atoms with Crippen LogP contribution in [0.2, 0.25) is 0 Å². The Morgan fingerprint density at radius 1 is 1.23 bits per heavy atom. The highest BCUT2D eigenvalue weighted by Crippen LogP contribution is 2.36. The molecule has 7 nitrogen and oxygen atoms in total. The lowest BCUT2D eigenvalue weighted by Crippen LogP contribution is -2.63. The summed E-state index contributed by atoms with van der Waals surface area (Å²) in [4.78, 5) is 18.6. The quantitative estimate of drug-likeness (QED) is 0.624. The predicted octanol–water partition coefficient (Wildman–Crippen LogP) is 2.03. The summed E-state index contributed by atoms with van der Waals surface area (Å²) in [6.45, 7) is 1.80. The minimum atomic E-state index is -0.319. The number of H-pyrrole nitrogens is 1. The zero-order valence-corrected chi connectivity index (χ0v) is 14.7. The van der Waals surface area contributed by atoms with Crippen LogP contribution in [-0.4, -0.2) is 44.7 Å². The molecule has 0 aromatic carbocycles. The summed E-state index contributed by atoms with van der Waals surface area (Å²) >= 11 is 0. The van der Waals surface area contributed by atoms with E-state index in [1.807, 2.05) is 18.5 Å². The Balaban J connectivity index is 1.55. The van der Waals surface area contributed by atoms with Gasteiger partial charge < -0.3 is 15.6 Å². The van der Waals surface area contributed by atoms with Gasteiger partial charge in [0.1, 0.15) is 12.0 Å². The number of rotatable bonds is 4. The summed E-state index contributed by atoms with van der Waals surface area (Å²) < 4.78 is 0.